The van der Waals surface area contributed by atoms with Gasteiger partial charge in [0.05, 0.1) is 82.7 Å². The molecule has 0 saturated carbocycles. The maximum atomic E-state index is 12.6. The Morgan fingerprint density at radius 3 is 1.12 bits per heavy atom. The summed E-state index contributed by atoms with van der Waals surface area (Å²) in [5.74, 6) is 0. The first kappa shape index (κ1) is 45.1. The zero-order valence-corrected chi connectivity index (χ0v) is 44.2. The molecule has 17 rings (SSSR count). The van der Waals surface area contributed by atoms with Gasteiger partial charge in [-0.2, -0.15) is 10.5 Å². The summed E-state index contributed by atoms with van der Waals surface area (Å²) >= 11 is 1.77. The highest BCUT2D eigenvalue weighted by atomic mass is 32.1. The lowest BCUT2D eigenvalue weighted by atomic mass is 9.94. The fourth-order valence-electron chi connectivity index (χ4n) is 13.6. The summed E-state index contributed by atoms with van der Waals surface area (Å²) in [4.78, 5) is 0. The molecule has 374 valence electrons. The summed E-state index contributed by atoms with van der Waals surface area (Å²) in [5.41, 5.74) is 15.4. The van der Waals surface area contributed by atoms with Crippen LogP contribution in [0.4, 0.5) is 0 Å². The van der Waals surface area contributed by atoms with Crippen LogP contribution in [0.25, 0.3) is 152 Å². The van der Waals surface area contributed by atoms with E-state index in [0.717, 1.165) is 131 Å². The monoisotopic (exact) mass is 1050 g/mol. The van der Waals surface area contributed by atoms with Crippen LogP contribution < -0.4 is 0 Å². The molecule has 0 aliphatic heterocycles. The van der Waals surface area contributed by atoms with Gasteiger partial charge in [-0.3, -0.25) is 0 Å². The van der Waals surface area contributed by atoms with Crippen LogP contribution in [0.1, 0.15) is 11.1 Å². The quantitative estimate of drug-likeness (QED) is 0.167. The second kappa shape index (κ2) is 17.3. The Balaban J connectivity index is 1.16. The summed E-state index contributed by atoms with van der Waals surface area (Å²) in [6, 6.07) is 96.2. The van der Waals surface area contributed by atoms with E-state index in [9.17, 15) is 10.5 Å². The van der Waals surface area contributed by atoms with Crippen molar-refractivity contribution in [3.05, 3.63) is 266 Å². The Morgan fingerprint density at radius 1 is 0.272 bits per heavy atom. The van der Waals surface area contributed by atoms with Crippen LogP contribution in [0, 0.1) is 22.7 Å². The molecule has 5 aromatic heterocycles. The third-order valence-corrected chi connectivity index (χ3v) is 18.0. The minimum Gasteiger partial charge on any atom is -0.306 e. The van der Waals surface area contributed by atoms with E-state index in [1.807, 2.05) is 0 Å². The molecule has 0 saturated heterocycles. The summed E-state index contributed by atoms with van der Waals surface area (Å²) in [7, 11) is 0. The smallest absolute Gasteiger partial charge is 0.103 e. The van der Waals surface area contributed by atoms with Gasteiger partial charge in [0.25, 0.3) is 0 Å². The third-order valence-electron chi connectivity index (χ3n) is 16.8. The van der Waals surface area contributed by atoms with Crippen molar-refractivity contribution in [2.24, 2.45) is 0 Å². The fraction of sp³-hybridized carbons (Fsp3) is 0. The molecule has 5 heterocycles. The number of benzene rings is 12. The van der Waals surface area contributed by atoms with E-state index in [1.54, 1.807) is 11.3 Å². The standard InChI is InChI=1S/C74H42N6S/c75-43-59-60(44-76)70(80-67-41-38-46(48-23-5-4-22-47(48)45-20-2-1-3-21-45)42-58(67)56-39-40-57-55-30-12-19-37-68(55)81-74(57)71(56)80)73(79-65-35-17-10-28-53(65)54-29-11-18-36-66(54)79)72(78-63-33-15-8-26-51(63)52-27-9-16-34-64(52)78)69(59)77-61-31-13-6-24-49(61)50-25-7-14-32-62(50)77/h1-42H. The molecular formula is C74H42N6S. The molecule has 12 aromatic carbocycles. The van der Waals surface area contributed by atoms with Gasteiger partial charge in [0.2, 0.25) is 0 Å². The minimum absolute atomic E-state index is 0.270. The van der Waals surface area contributed by atoms with Gasteiger partial charge in [-0.1, -0.05) is 200 Å². The topological polar surface area (TPSA) is 67.3 Å². The average molecular weight is 1050 g/mol. The Morgan fingerprint density at radius 2 is 0.642 bits per heavy atom. The van der Waals surface area contributed by atoms with Crippen LogP contribution in [0.5, 0.6) is 0 Å². The first-order valence-electron chi connectivity index (χ1n) is 27.2. The van der Waals surface area contributed by atoms with Gasteiger partial charge in [-0.25, -0.2) is 0 Å². The lowest BCUT2D eigenvalue weighted by Gasteiger charge is -2.27. The number of nitrogens with zero attached hydrogens (tertiary/aromatic N) is 6. The molecule has 6 nitrogen and oxygen atoms in total. The SMILES string of the molecule is N#Cc1c(C#N)c(-n2c3ccc(-c4ccccc4-c4ccccc4)cc3c3ccc4c5ccccc5sc4c32)c(-n2c3ccccc3c3ccccc32)c(-n2c3ccccc3c3ccccc32)c1-n1c2ccccc2c2ccccc21. The normalized spacial score (nSPS) is 11.9. The van der Waals surface area contributed by atoms with E-state index in [0.29, 0.717) is 11.4 Å². The number of hydrogen-bond acceptors (Lipinski definition) is 3. The Bertz CT molecular complexity index is 5470. The zero-order chi connectivity index (χ0) is 53.4. The molecule has 0 bridgehead atoms. The van der Waals surface area contributed by atoms with Gasteiger partial charge in [-0.05, 0) is 76.9 Å². The van der Waals surface area contributed by atoms with Crippen molar-refractivity contribution >= 4 is 119 Å². The van der Waals surface area contributed by atoms with Crippen LogP contribution in [-0.2, 0) is 0 Å². The van der Waals surface area contributed by atoms with Gasteiger partial charge in [0.15, 0.2) is 0 Å². The highest BCUT2D eigenvalue weighted by Gasteiger charge is 2.35. The van der Waals surface area contributed by atoms with E-state index in [2.05, 4.69) is 285 Å². The largest absolute Gasteiger partial charge is 0.306 e. The highest BCUT2D eigenvalue weighted by Crippen LogP contribution is 2.51. The molecule has 0 radical (unpaired) electrons. The molecule has 7 heteroatoms. The Hall–Kier alpha value is -11.0. The second-order valence-corrected chi connectivity index (χ2v) is 21.9. The van der Waals surface area contributed by atoms with Crippen LogP contribution in [0.3, 0.4) is 0 Å². The summed E-state index contributed by atoms with van der Waals surface area (Å²) in [5, 5.41) is 35.8. The van der Waals surface area contributed by atoms with Gasteiger partial charge in [0, 0.05) is 58.6 Å². The van der Waals surface area contributed by atoms with E-state index >= 15 is 0 Å². The maximum absolute atomic E-state index is 12.6. The molecule has 0 aliphatic carbocycles. The summed E-state index contributed by atoms with van der Waals surface area (Å²) < 4.78 is 11.7. The Labute approximate surface area is 467 Å². The molecule has 81 heavy (non-hydrogen) atoms. The van der Waals surface area contributed by atoms with Crippen LogP contribution in [0.15, 0.2) is 255 Å². The van der Waals surface area contributed by atoms with Gasteiger partial charge >= 0.3 is 0 Å². The fourth-order valence-corrected chi connectivity index (χ4v) is 14.8. The molecule has 0 unspecified atom stereocenters. The van der Waals surface area contributed by atoms with E-state index in [-0.39, 0.29) is 11.1 Å². The molecule has 0 spiro atoms. The van der Waals surface area contributed by atoms with Gasteiger partial charge < -0.3 is 18.3 Å². The summed E-state index contributed by atoms with van der Waals surface area (Å²) in [6.45, 7) is 0. The van der Waals surface area contributed by atoms with Crippen molar-refractivity contribution in [3.63, 3.8) is 0 Å². The number of aromatic nitrogens is 4. The van der Waals surface area contributed by atoms with Crippen LogP contribution in [-0.4, -0.2) is 18.3 Å². The van der Waals surface area contributed by atoms with E-state index in [4.69, 9.17) is 0 Å². The average Bonchev–Trinajstić information content (AvgIpc) is 3.60. The third kappa shape index (κ3) is 6.24. The number of thiophene rings is 1. The van der Waals surface area contributed by atoms with E-state index < -0.39 is 0 Å². The summed E-state index contributed by atoms with van der Waals surface area (Å²) in [6.07, 6.45) is 0. The van der Waals surface area contributed by atoms with Gasteiger partial charge in [0.1, 0.15) is 12.1 Å². The lowest BCUT2D eigenvalue weighted by molar-refractivity contribution is 1.01. The predicted octanol–water partition coefficient (Wildman–Crippen LogP) is 19.5. The van der Waals surface area contributed by atoms with Crippen molar-refractivity contribution in [2.75, 3.05) is 0 Å². The Kier molecular flexibility index (Phi) is 9.62. The maximum Gasteiger partial charge on any atom is 0.103 e. The van der Waals surface area contributed by atoms with Crippen molar-refractivity contribution in [1.82, 2.24) is 18.3 Å². The van der Waals surface area contributed by atoms with E-state index in [1.165, 1.54) is 10.1 Å². The molecule has 0 aliphatic rings. The number of rotatable bonds is 6. The van der Waals surface area contributed by atoms with Crippen molar-refractivity contribution in [1.29, 1.82) is 10.5 Å². The van der Waals surface area contributed by atoms with Crippen molar-refractivity contribution in [2.45, 2.75) is 0 Å². The molecular weight excluding hydrogens is 1000 g/mol. The van der Waals surface area contributed by atoms with Crippen molar-refractivity contribution < 1.29 is 0 Å². The molecule has 0 N–H and O–H groups in total. The number of fused-ring (bicyclic) bond motifs is 16. The minimum atomic E-state index is 0.270. The molecule has 17 aromatic rings. The predicted molar refractivity (Wildman–Crippen MR) is 337 cm³/mol. The highest BCUT2D eigenvalue weighted by molar-refractivity contribution is 7.26. The molecule has 0 atom stereocenters. The number of hydrogen-bond donors (Lipinski definition) is 0. The van der Waals surface area contributed by atoms with Crippen LogP contribution >= 0.6 is 11.3 Å². The molecule has 0 amide bonds. The van der Waals surface area contributed by atoms with Gasteiger partial charge in [-0.15, -0.1) is 11.3 Å². The first-order valence-corrected chi connectivity index (χ1v) is 28.0. The second-order valence-electron chi connectivity index (χ2n) is 20.9. The number of para-hydroxylation sites is 6. The van der Waals surface area contributed by atoms with Crippen molar-refractivity contribution in [3.8, 4) is 57.1 Å². The van der Waals surface area contributed by atoms with Crippen LogP contribution in [0.2, 0.25) is 0 Å². The molecule has 0 fully saturated rings. The lowest BCUT2D eigenvalue weighted by Crippen LogP contribution is -2.17. The zero-order valence-electron chi connectivity index (χ0n) is 43.3. The number of nitriles is 2. The first-order chi connectivity index (χ1) is 40.2.